The number of aryl methyl sites for hydroxylation is 2. The third-order valence-electron chi connectivity index (χ3n) is 9.09. The van der Waals surface area contributed by atoms with Crippen LogP contribution in [-0.4, -0.2) is 63.6 Å². The van der Waals surface area contributed by atoms with Gasteiger partial charge in [-0.25, -0.2) is 14.4 Å². The summed E-state index contributed by atoms with van der Waals surface area (Å²) in [7, 11) is 0. The van der Waals surface area contributed by atoms with E-state index in [1.807, 2.05) is 17.0 Å². The number of aromatic nitrogens is 2. The van der Waals surface area contributed by atoms with E-state index in [0.717, 1.165) is 49.0 Å². The first-order valence-corrected chi connectivity index (χ1v) is 15.9. The molecule has 1 aromatic heterocycles. The Balaban J connectivity index is 1.49. The van der Waals surface area contributed by atoms with E-state index < -0.39 is 17.9 Å². The predicted octanol–water partition coefficient (Wildman–Crippen LogP) is 5.96. The highest BCUT2D eigenvalue weighted by atomic mass is 19.1. The quantitative estimate of drug-likeness (QED) is 0.258. The molecule has 3 atom stereocenters. The van der Waals surface area contributed by atoms with Crippen molar-refractivity contribution in [3.63, 3.8) is 0 Å². The molecule has 8 nitrogen and oxygen atoms in total. The molecule has 0 aliphatic carbocycles. The van der Waals surface area contributed by atoms with Gasteiger partial charge in [-0.1, -0.05) is 38.8 Å². The predicted molar refractivity (Wildman–Crippen MR) is 167 cm³/mol. The normalized spacial score (nSPS) is 19.6. The topological polar surface area (TPSA) is 95.9 Å². The summed E-state index contributed by atoms with van der Waals surface area (Å²) in [6, 6.07) is 12.2. The van der Waals surface area contributed by atoms with Crippen LogP contribution in [0, 0.1) is 18.7 Å². The van der Waals surface area contributed by atoms with Gasteiger partial charge in [0, 0.05) is 55.5 Å². The Morgan fingerprint density at radius 2 is 1.86 bits per heavy atom. The summed E-state index contributed by atoms with van der Waals surface area (Å²) in [5.74, 6) is -0.787. The van der Waals surface area contributed by atoms with E-state index in [9.17, 15) is 19.1 Å². The molecule has 2 aliphatic heterocycles. The number of benzene rings is 2. The third kappa shape index (κ3) is 6.93. The largest absolute Gasteiger partial charge is 0.493 e. The van der Waals surface area contributed by atoms with Crippen molar-refractivity contribution >= 4 is 17.6 Å². The second-order valence-electron chi connectivity index (χ2n) is 12.1. The second-order valence-corrected chi connectivity index (χ2v) is 12.1. The molecule has 9 heteroatoms. The Morgan fingerprint density at radius 1 is 1.11 bits per heavy atom. The van der Waals surface area contributed by atoms with Crippen molar-refractivity contribution in [2.75, 3.05) is 24.6 Å². The molecule has 1 N–H and O–H groups in total. The van der Waals surface area contributed by atoms with Crippen LogP contribution in [0.15, 0.2) is 54.9 Å². The molecule has 44 heavy (non-hydrogen) atoms. The van der Waals surface area contributed by atoms with Crippen LogP contribution < -0.4 is 9.64 Å². The van der Waals surface area contributed by atoms with Gasteiger partial charge in [0.15, 0.2) is 0 Å². The number of ether oxygens (including phenoxy) is 1. The number of carbonyl (C=O) groups is 2. The van der Waals surface area contributed by atoms with Crippen LogP contribution in [0.5, 0.6) is 5.75 Å². The van der Waals surface area contributed by atoms with Gasteiger partial charge in [-0.15, -0.1) is 0 Å². The number of likely N-dealkylation sites (tertiary alicyclic amines) is 1. The molecule has 1 amide bonds. The van der Waals surface area contributed by atoms with E-state index in [-0.39, 0.29) is 30.2 Å². The molecular weight excluding hydrogens is 559 g/mol. The molecule has 0 spiro atoms. The number of halogens is 1. The van der Waals surface area contributed by atoms with Gasteiger partial charge in [0.05, 0.1) is 19.1 Å². The standard InChI is InChI=1S/C35H43FN4O4/c1-4-7-26(8-5-2)40(27-10-11-29(36)23(3)19-27)33(41)22-39-21-28(24-9-13-31-25(20-24)15-18-44-31)34(35(42)43)30(39)12-14-32-37-16-6-17-38-32/h6,9-11,13,16-17,19-20,26,28,30,34H,4-5,7-8,12,14-15,18,21-22H2,1-3H3,(H,42,43)/t28-,30+,34?/m1/s1. The molecule has 1 unspecified atom stereocenters. The maximum atomic E-state index is 14.4. The SMILES string of the molecule is CCCC(CCC)N(C(=O)CN1C[C@H](c2ccc3c(c2)CCO3)C(C(=O)O)[C@@H]1CCc1ncccn1)c1ccc(F)c(C)c1. The maximum absolute atomic E-state index is 14.4. The Labute approximate surface area is 259 Å². The van der Waals surface area contributed by atoms with Crippen molar-refractivity contribution in [2.24, 2.45) is 5.92 Å². The van der Waals surface area contributed by atoms with Crippen LogP contribution >= 0.6 is 0 Å². The number of amides is 1. The van der Waals surface area contributed by atoms with Gasteiger partial charge in [0.2, 0.25) is 5.91 Å². The Morgan fingerprint density at radius 3 is 2.55 bits per heavy atom. The highest BCUT2D eigenvalue weighted by Gasteiger charge is 2.47. The van der Waals surface area contributed by atoms with E-state index in [0.29, 0.717) is 43.1 Å². The van der Waals surface area contributed by atoms with Crippen molar-refractivity contribution in [1.82, 2.24) is 14.9 Å². The van der Waals surface area contributed by atoms with Gasteiger partial charge in [0.1, 0.15) is 17.4 Å². The summed E-state index contributed by atoms with van der Waals surface area (Å²) in [5, 5.41) is 10.6. The maximum Gasteiger partial charge on any atom is 0.308 e. The first-order valence-electron chi connectivity index (χ1n) is 15.9. The van der Waals surface area contributed by atoms with Crippen LogP contribution in [0.25, 0.3) is 0 Å². The van der Waals surface area contributed by atoms with Crippen molar-refractivity contribution in [3.05, 3.63) is 83.2 Å². The molecule has 2 aliphatic rings. The fourth-order valence-electron chi connectivity index (χ4n) is 7.02. The van der Waals surface area contributed by atoms with Gasteiger partial charge in [0.25, 0.3) is 0 Å². The number of fused-ring (bicyclic) bond motifs is 1. The molecule has 0 saturated carbocycles. The van der Waals surface area contributed by atoms with Crippen LogP contribution in [0.2, 0.25) is 0 Å². The zero-order valence-corrected chi connectivity index (χ0v) is 25.9. The van der Waals surface area contributed by atoms with Gasteiger partial charge in [-0.2, -0.15) is 0 Å². The van der Waals surface area contributed by atoms with Crippen LogP contribution in [0.1, 0.15) is 74.4 Å². The highest BCUT2D eigenvalue weighted by molar-refractivity contribution is 5.95. The first-order chi connectivity index (χ1) is 21.3. The van der Waals surface area contributed by atoms with E-state index in [4.69, 9.17) is 4.74 Å². The molecule has 234 valence electrons. The molecule has 3 aromatic rings. The number of anilines is 1. The molecule has 0 bridgehead atoms. The zero-order chi connectivity index (χ0) is 31.2. The Kier molecular flexibility index (Phi) is 10.3. The molecule has 5 rings (SSSR count). The number of hydrogen-bond donors (Lipinski definition) is 1. The van der Waals surface area contributed by atoms with Gasteiger partial charge in [-0.3, -0.25) is 14.5 Å². The lowest BCUT2D eigenvalue weighted by Gasteiger charge is -2.35. The number of carbonyl (C=O) groups excluding carboxylic acids is 1. The lowest BCUT2D eigenvalue weighted by atomic mass is 9.83. The summed E-state index contributed by atoms with van der Waals surface area (Å²) < 4.78 is 20.0. The average Bonchev–Trinajstić information content (AvgIpc) is 3.63. The van der Waals surface area contributed by atoms with E-state index in [1.165, 1.54) is 6.07 Å². The summed E-state index contributed by atoms with van der Waals surface area (Å²) >= 11 is 0. The van der Waals surface area contributed by atoms with Crippen molar-refractivity contribution in [1.29, 1.82) is 0 Å². The third-order valence-corrected chi connectivity index (χ3v) is 9.09. The van der Waals surface area contributed by atoms with Crippen LogP contribution in [0.4, 0.5) is 10.1 Å². The number of hydrogen-bond acceptors (Lipinski definition) is 6. The molecular formula is C35H43FN4O4. The van der Waals surface area contributed by atoms with E-state index in [2.05, 4.69) is 34.8 Å². The van der Waals surface area contributed by atoms with Crippen molar-refractivity contribution < 1.29 is 23.8 Å². The minimum Gasteiger partial charge on any atom is -0.493 e. The van der Waals surface area contributed by atoms with Crippen LogP contribution in [0.3, 0.4) is 0 Å². The van der Waals surface area contributed by atoms with Gasteiger partial charge < -0.3 is 14.7 Å². The second kappa shape index (κ2) is 14.3. The van der Waals surface area contributed by atoms with Gasteiger partial charge >= 0.3 is 5.97 Å². The number of aliphatic carboxylic acids is 1. The van der Waals surface area contributed by atoms with Crippen molar-refractivity contribution in [3.8, 4) is 5.75 Å². The van der Waals surface area contributed by atoms with Gasteiger partial charge in [-0.05, 0) is 73.2 Å². The molecule has 1 saturated heterocycles. The summed E-state index contributed by atoms with van der Waals surface area (Å²) in [5.41, 5.74) is 3.22. The summed E-state index contributed by atoms with van der Waals surface area (Å²) in [6.07, 6.45) is 8.63. The fourth-order valence-corrected chi connectivity index (χ4v) is 7.02. The highest BCUT2D eigenvalue weighted by Crippen LogP contribution is 2.41. The molecule has 1 fully saturated rings. The molecule has 0 radical (unpaired) electrons. The van der Waals surface area contributed by atoms with Crippen molar-refractivity contribution in [2.45, 2.75) is 83.7 Å². The zero-order valence-electron chi connectivity index (χ0n) is 25.9. The summed E-state index contributed by atoms with van der Waals surface area (Å²) in [6.45, 7) is 7.05. The van der Waals surface area contributed by atoms with Crippen LogP contribution in [-0.2, 0) is 22.4 Å². The Bertz CT molecular complexity index is 1450. The number of carboxylic acid groups (broad SMARTS) is 1. The molecule has 2 aromatic carbocycles. The smallest absolute Gasteiger partial charge is 0.308 e. The average molecular weight is 603 g/mol. The Hall–Kier alpha value is -3.85. The number of nitrogens with zero attached hydrogens (tertiary/aromatic N) is 4. The minimum atomic E-state index is -0.874. The number of carboxylic acids is 1. The lowest BCUT2D eigenvalue weighted by Crippen LogP contribution is -2.48. The lowest BCUT2D eigenvalue weighted by molar-refractivity contribution is -0.143. The summed E-state index contributed by atoms with van der Waals surface area (Å²) in [4.78, 5) is 40.0. The first kappa shape index (κ1) is 31.6. The fraction of sp³-hybridized carbons (Fsp3) is 0.486. The monoisotopic (exact) mass is 602 g/mol. The molecule has 3 heterocycles. The number of rotatable bonds is 13. The van der Waals surface area contributed by atoms with E-state index in [1.54, 1.807) is 37.5 Å². The minimum absolute atomic E-state index is 0.0380. The van der Waals surface area contributed by atoms with E-state index >= 15 is 0 Å².